The number of carbonyl (C=O) groups excluding carboxylic acids is 3. The summed E-state index contributed by atoms with van der Waals surface area (Å²) in [5, 5.41) is 2.14. The lowest BCUT2D eigenvalue weighted by molar-refractivity contribution is -0.127. The second kappa shape index (κ2) is 9.28. The first-order chi connectivity index (χ1) is 15.4. The smallest absolute Gasteiger partial charge is 0.294 e. The quantitative estimate of drug-likeness (QED) is 0.416. The SMILES string of the molecule is COc1cc(/C=C2/SC(=O)N(CC(=O)Nc3ccc4c(c3)OCO4)C2=O)cc(I)c1OC. The molecule has 166 valence electrons. The van der Waals surface area contributed by atoms with Crippen molar-refractivity contribution < 1.29 is 33.3 Å². The van der Waals surface area contributed by atoms with Crippen LogP contribution in [0.3, 0.4) is 0 Å². The number of imide groups is 1. The molecule has 0 aromatic heterocycles. The van der Waals surface area contributed by atoms with E-state index in [0.29, 0.717) is 34.2 Å². The lowest BCUT2D eigenvalue weighted by Crippen LogP contribution is -2.36. The number of nitrogens with one attached hydrogen (secondary N) is 1. The molecule has 0 aliphatic carbocycles. The summed E-state index contributed by atoms with van der Waals surface area (Å²) in [5.74, 6) is 1.15. The van der Waals surface area contributed by atoms with Gasteiger partial charge in [0.1, 0.15) is 6.54 Å². The van der Waals surface area contributed by atoms with Crippen LogP contribution in [-0.4, -0.2) is 49.5 Å². The molecule has 9 nitrogen and oxygen atoms in total. The summed E-state index contributed by atoms with van der Waals surface area (Å²) in [4.78, 5) is 38.7. The van der Waals surface area contributed by atoms with Gasteiger partial charge in [-0.1, -0.05) is 0 Å². The van der Waals surface area contributed by atoms with Crippen LogP contribution in [0, 0.1) is 3.57 Å². The second-order valence-electron chi connectivity index (χ2n) is 6.62. The number of halogens is 1. The highest BCUT2D eigenvalue weighted by molar-refractivity contribution is 14.1. The van der Waals surface area contributed by atoms with Crippen LogP contribution in [0.25, 0.3) is 6.08 Å². The van der Waals surface area contributed by atoms with Gasteiger partial charge in [0.25, 0.3) is 11.1 Å². The molecule has 11 heteroatoms. The average Bonchev–Trinajstić information content (AvgIpc) is 3.33. The Balaban J connectivity index is 1.47. The third-order valence-electron chi connectivity index (χ3n) is 4.59. The van der Waals surface area contributed by atoms with Gasteiger partial charge in [-0.2, -0.15) is 0 Å². The van der Waals surface area contributed by atoms with Gasteiger partial charge in [0.15, 0.2) is 23.0 Å². The summed E-state index contributed by atoms with van der Waals surface area (Å²) < 4.78 is 21.9. The summed E-state index contributed by atoms with van der Waals surface area (Å²) >= 11 is 2.88. The molecular weight excluding hydrogens is 551 g/mol. The Hall–Kier alpha value is -2.93. The minimum atomic E-state index is -0.536. The van der Waals surface area contributed by atoms with Gasteiger partial charge in [-0.05, 0) is 70.3 Å². The number of methoxy groups -OCH3 is 2. The number of hydrogen-bond acceptors (Lipinski definition) is 8. The predicted octanol–water partition coefficient (Wildman–Crippen LogP) is 3.71. The molecule has 0 spiro atoms. The van der Waals surface area contributed by atoms with Crippen molar-refractivity contribution in [2.45, 2.75) is 0 Å². The van der Waals surface area contributed by atoms with Gasteiger partial charge in [-0.15, -0.1) is 0 Å². The van der Waals surface area contributed by atoms with Gasteiger partial charge in [0, 0.05) is 11.8 Å². The zero-order chi connectivity index (χ0) is 22.8. The van der Waals surface area contributed by atoms with E-state index in [0.717, 1.165) is 20.2 Å². The Morgan fingerprint density at radius 3 is 2.72 bits per heavy atom. The molecule has 0 saturated carbocycles. The molecule has 2 aliphatic heterocycles. The molecule has 0 unspecified atom stereocenters. The zero-order valence-electron chi connectivity index (χ0n) is 17.0. The maximum Gasteiger partial charge on any atom is 0.294 e. The van der Waals surface area contributed by atoms with E-state index >= 15 is 0 Å². The molecule has 32 heavy (non-hydrogen) atoms. The molecular formula is C21H17IN2O7S. The van der Waals surface area contributed by atoms with Crippen molar-refractivity contribution in [1.29, 1.82) is 0 Å². The Morgan fingerprint density at radius 1 is 1.19 bits per heavy atom. The van der Waals surface area contributed by atoms with Crippen LogP contribution in [0.15, 0.2) is 35.2 Å². The molecule has 1 saturated heterocycles. The molecule has 0 radical (unpaired) electrons. The summed E-state index contributed by atoms with van der Waals surface area (Å²) in [7, 11) is 3.06. The maximum atomic E-state index is 12.8. The van der Waals surface area contributed by atoms with E-state index in [4.69, 9.17) is 18.9 Å². The van der Waals surface area contributed by atoms with Gasteiger partial charge >= 0.3 is 0 Å². The second-order valence-corrected chi connectivity index (χ2v) is 8.78. The first-order valence-corrected chi connectivity index (χ1v) is 11.2. The number of hydrogen-bond donors (Lipinski definition) is 1. The molecule has 4 rings (SSSR count). The topological polar surface area (TPSA) is 103 Å². The highest BCUT2D eigenvalue weighted by Crippen LogP contribution is 2.37. The zero-order valence-corrected chi connectivity index (χ0v) is 19.9. The minimum absolute atomic E-state index is 0.120. The molecule has 2 aromatic carbocycles. The summed E-state index contributed by atoms with van der Waals surface area (Å²) in [5.41, 5.74) is 1.14. The third-order valence-corrected chi connectivity index (χ3v) is 6.29. The predicted molar refractivity (Wildman–Crippen MR) is 126 cm³/mol. The van der Waals surface area contributed by atoms with Crippen molar-refractivity contribution in [1.82, 2.24) is 4.90 Å². The molecule has 0 atom stereocenters. The number of amides is 3. The number of nitrogens with zero attached hydrogens (tertiary/aromatic N) is 1. The van der Waals surface area contributed by atoms with E-state index in [2.05, 4.69) is 27.9 Å². The molecule has 1 fully saturated rings. The van der Waals surface area contributed by atoms with Gasteiger partial charge in [0.05, 0.1) is 22.7 Å². The van der Waals surface area contributed by atoms with Crippen LogP contribution >= 0.6 is 34.4 Å². The standard InChI is InChI=1S/C21H17IN2O7S/c1-28-16-6-11(5-13(22)19(16)29-2)7-17-20(26)24(21(27)32-17)9-18(25)23-12-3-4-14-15(8-12)31-10-30-14/h3-8H,9-10H2,1-2H3,(H,23,25)/b17-7+. The fraction of sp³-hybridized carbons (Fsp3) is 0.190. The minimum Gasteiger partial charge on any atom is -0.493 e. The van der Waals surface area contributed by atoms with E-state index in [9.17, 15) is 14.4 Å². The van der Waals surface area contributed by atoms with E-state index in [1.54, 1.807) is 37.5 Å². The molecule has 2 aromatic rings. The first-order valence-electron chi connectivity index (χ1n) is 9.26. The van der Waals surface area contributed by atoms with Crippen molar-refractivity contribution in [3.8, 4) is 23.0 Å². The van der Waals surface area contributed by atoms with E-state index in [1.165, 1.54) is 7.11 Å². The van der Waals surface area contributed by atoms with Crippen LogP contribution in [0.4, 0.5) is 10.5 Å². The summed E-state index contributed by atoms with van der Waals surface area (Å²) in [6, 6.07) is 8.46. The van der Waals surface area contributed by atoms with Crippen molar-refractivity contribution in [2.24, 2.45) is 0 Å². The molecule has 0 bridgehead atoms. The highest BCUT2D eigenvalue weighted by Gasteiger charge is 2.36. The van der Waals surface area contributed by atoms with Crippen molar-refractivity contribution in [3.05, 3.63) is 44.4 Å². The molecule has 2 aliphatic rings. The van der Waals surface area contributed by atoms with Crippen LogP contribution in [0.2, 0.25) is 0 Å². The van der Waals surface area contributed by atoms with Crippen molar-refractivity contribution >= 4 is 63.2 Å². The summed E-state index contributed by atoms with van der Waals surface area (Å²) in [6.07, 6.45) is 1.59. The molecule has 2 heterocycles. The highest BCUT2D eigenvalue weighted by atomic mass is 127. The third kappa shape index (κ3) is 4.48. The Labute approximate surface area is 201 Å². The number of thioether (sulfide) groups is 1. The van der Waals surface area contributed by atoms with Gasteiger partial charge in [-0.25, -0.2) is 0 Å². The monoisotopic (exact) mass is 568 g/mol. The lowest BCUT2D eigenvalue weighted by Gasteiger charge is -2.13. The van der Waals surface area contributed by atoms with Crippen LogP contribution < -0.4 is 24.3 Å². The van der Waals surface area contributed by atoms with Crippen LogP contribution in [-0.2, 0) is 9.59 Å². The Bertz CT molecular complexity index is 1150. The largest absolute Gasteiger partial charge is 0.493 e. The van der Waals surface area contributed by atoms with Gasteiger partial charge in [0.2, 0.25) is 12.7 Å². The number of ether oxygens (including phenoxy) is 4. The fourth-order valence-corrected chi connectivity index (χ4v) is 4.81. The van der Waals surface area contributed by atoms with Gasteiger partial charge < -0.3 is 24.3 Å². The number of anilines is 1. The lowest BCUT2D eigenvalue weighted by atomic mass is 10.2. The number of carbonyl (C=O) groups is 3. The Morgan fingerprint density at radius 2 is 1.97 bits per heavy atom. The van der Waals surface area contributed by atoms with E-state index in [-0.39, 0.29) is 11.7 Å². The number of fused-ring (bicyclic) bond motifs is 1. The number of benzene rings is 2. The van der Waals surface area contributed by atoms with Crippen molar-refractivity contribution in [2.75, 3.05) is 32.9 Å². The fourth-order valence-electron chi connectivity index (χ4n) is 3.13. The molecule has 3 amide bonds. The average molecular weight is 568 g/mol. The van der Waals surface area contributed by atoms with E-state index < -0.39 is 23.6 Å². The number of rotatable bonds is 6. The van der Waals surface area contributed by atoms with E-state index in [1.807, 2.05) is 6.07 Å². The normalized spacial score (nSPS) is 16.0. The Kier molecular flexibility index (Phi) is 6.46. The van der Waals surface area contributed by atoms with Crippen LogP contribution in [0.5, 0.6) is 23.0 Å². The first kappa shape index (κ1) is 22.3. The van der Waals surface area contributed by atoms with Crippen LogP contribution in [0.1, 0.15) is 5.56 Å². The van der Waals surface area contributed by atoms with Gasteiger partial charge in [-0.3, -0.25) is 19.3 Å². The maximum absolute atomic E-state index is 12.8. The molecule has 1 N–H and O–H groups in total. The van der Waals surface area contributed by atoms with Crippen molar-refractivity contribution in [3.63, 3.8) is 0 Å². The summed E-state index contributed by atoms with van der Waals surface area (Å²) in [6.45, 7) is -0.283.